The van der Waals surface area contributed by atoms with Gasteiger partial charge in [0.2, 0.25) is 0 Å². The smallest absolute Gasteiger partial charge is 0.173 e. The summed E-state index contributed by atoms with van der Waals surface area (Å²) in [7, 11) is 2.08. The topological polar surface area (TPSA) is 29.9 Å². The standard InChI is InChI=1S/C16H28N2/c1-15(2,3)8-12-10-18(7)11-13(14(12)17)9-16(4,5)6/h10-11,17H,8-9H2,1-7H3/p+1. The molecule has 1 rings (SSSR count). The van der Waals surface area contributed by atoms with Crippen LogP contribution >= 0.6 is 0 Å². The van der Waals surface area contributed by atoms with Crippen molar-refractivity contribution in [1.29, 1.82) is 0 Å². The molecule has 2 heteroatoms. The van der Waals surface area contributed by atoms with Crippen molar-refractivity contribution in [3.05, 3.63) is 23.5 Å². The molecule has 1 heterocycles. The average molecular weight is 249 g/mol. The van der Waals surface area contributed by atoms with E-state index >= 15 is 0 Å². The summed E-state index contributed by atoms with van der Waals surface area (Å²) in [4.78, 5) is 0. The van der Waals surface area contributed by atoms with Crippen molar-refractivity contribution in [2.45, 2.75) is 54.4 Å². The van der Waals surface area contributed by atoms with E-state index in [0.717, 1.165) is 18.5 Å². The highest BCUT2D eigenvalue weighted by molar-refractivity contribution is 5.51. The second-order valence-electron chi connectivity index (χ2n) is 7.86. The van der Waals surface area contributed by atoms with Crippen LogP contribution in [0.5, 0.6) is 0 Å². The molecule has 0 aliphatic rings. The summed E-state index contributed by atoms with van der Waals surface area (Å²) in [6.07, 6.45) is 6.36. The fourth-order valence-corrected chi connectivity index (χ4v) is 2.30. The van der Waals surface area contributed by atoms with Crippen molar-refractivity contribution in [1.82, 2.24) is 0 Å². The number of rotatable bonds is 2. The van der Waals surface area contributed by atoms with E-state index in [1.807, 2.05) is 0 Å². The lowest BCUT2D eigenvalue weighted by Gasteiger charge is -2.22. The van der Waals surface area contributed by atoms with Crippen LogP contribution in [0.1, 0.15) is 52.7 Å². The Labute approximate surface area is 112 Å². The molecule has 0 saturated carbocycles. The predicted octanol–water partition coefficient (Wildman–Crippen LogP) is 3.27. The van der Waals surface area contributed by atoms with Crippen LogP contribution in [0.3, 0.4) is 0 Å². The Morgan fingerprint density at radius 3 is 1.50 bits per heavy atom. The normalized spacial score (nSPS) is 12.8. The molecule has 1 aromatic rings. The molecule has 0 aliphatic carbocycles. The summed E-state index contributed by atoms with van der Waals surface area (Å²) in [5.74, 6) is 0. The minimum Gasteiger partial charge on any atom is -0.398 e. The van der Waals surface area contributed by atoms with Crippen molar-refractivity contribution in [2.24, 2.45) is 17.9 Å². The van der Waals surface area contributed by atoms with Gasteiger partial charge in [-0.3, -0.25) is 0 Å². The SMILES string of the molecule is C[n+]1cc(CC(C)(C)C)c(N)c(CC(C)(C)C)c1. The van der Waals surface area contributed by atoms with Gasteiger partial charge < -0.3 is 5.73 Å². The zero-order valence-corrected chi connectivity index (χ0v) is 13.1. The zero-order valence-electron chi connectivity index (χ0n) is 13.1. The van der Waals surface area contributed by atoms with E-state index in [-0.39, 0.29) is 10.8 Å². The fourth-order valence-electron chi connectivity index (χ4n) is 2.30. The van der Waals surface area contributed by atoms with Gasteiger partial charge in [0.15, 0.2) is 12.4 Å². The van der Waals surface area contributed by atoms with Crippen LogP contribution in [0.15, 0.2) is 12.4 Å². The van der Waals surface area contributed by atoms with E-state index in [4.69, 9.17) is 5.73 Å². The van der Waals surface area contributed by atoms with Crippen LogP contribution in [-0.2, 0) is 19.9 Å². The third-order valence-electron chi connectivity index (χ3n) is 2.85. The molecule has 102 valence electrons. The number of nitrogens with zero attached hydrogens (tertiary/aromatic N) is 1. The molecule has 0 aliphatic heterocycles. The third kappa shape index (κ3) is 4.67. The van der Waals surface area contributed by atoms with Gasteiger partial charge in [0, 0.05) is 16.8 Å². The molecule has 2 nitrogen and oxygen atoms in total. The quantitative estimate of drug-likeness (QED) is 0.801. The van der Waals surface area contributed by atoms with Crippen LogP contribution in [0.2, 0.25) is 0 Å². The van der Waals surface area contributed by atoms with E-state index in [9.17, 15) is 0 Å². The number of aryl methyl sites for hydroxylation is 1. The number of hydrogen-bond acceptors (Lipinski definition) is 1. The van der Waals surface area contributed by atoms with Gasteiger partial charge >= 0.3 is 0 Å². The summed E-state index contributed by atoms with van der Waals surface area (Å²) in [6, 6.07) is 0. The maximum absolute atomic E-state index is 6.35. The number of aromatic nitrogens is 1. The molecular weight excluding hydrogens is 220 g/mol. The Morgan fingerprint density at radius 1 is 0.889 bits per heavy atom. The molecule has 0 atom stereocenters. The molecule has 0 spiro atoms. The second-order valence-corrected chi connectivity index (χ2v) is 7.86. The number of pyridine rings is 1. The van der Waals surface area contributed by atoms with Gasteiger partial charge in [0.05, 0.1) is 0 Å². The Hall–Kier alpha value is -1.05. The van der Waals surface area contributed by atoms with Crippen molar-refractivity contribution >= 4 is 5.69 Å². The molecular formula is C16H29N2+. The number of hydrogen-bond donors (Lipinski definition) is 1. The highest BCUT2D eigenvalue weighted by Crippen LogP contribution is 2.29. The summed E-state index contributed by atoms with van der Waals surface area (Å²) in [5.41, 5.74) is 10.4. The summed E-state index contributed by atoms with van der Waals surface area (Å²) >= 11 is 0. The van der Waals surface area contributed by atoms with E-state index in [1.54, 1.807) is 0 Å². The van der Waals surface area contributed by atoms with Gasteiger partial charge in [0.1, 0.15) is 7.05 Å². The third-order valence-corrected chi connectivity index (χ3v) is 2.85. The lowest BCUT2D eigenvalue weighted by Crippen LogP contribution is -2.31. The molecule has 0 saturated heterocycles. The number of nitrogen functional groups attached to an aromatic ring is 1. The van der Waals surface area contributed by atoms with Crippen LogP contribution < -0.4 is 10.3 Å². The molecule has 2 N–H and O–H groups in total. The molecule has 0 unspecified atom stereocenters. The van der Waals surface area contributed by atoms with E-state index in [1.165, 1.54) is 11.1 Å². The van der Waals surface area contributed by atoms with Crippen LogP contribution in [0.4, 0.5) is 5.69 Å². The van der Waals surface area contributed by atoms with Crippen LogP contribution in [-0.4, -0.2) is 0 Å². The lowest BCUT2D eigenvalue weighted by molar-refractivity contribution is -0.672. The van der Waals surface area contributed by atoms with Crippen molar-refractivity contribution in [3.63, 3.8) is 0 Å². The minimum atomic E-state index is 0.265. The van der Waals surface area contributed by atoms with Crippen molar-refractivity contribution < 1.29 is 4.57 Å². The Bertz CT molecular complexity index is 383. The van der Waals surface area contributed by atoms with Crippen LogP contribution in [0, 0.1) is 10.8 Å². The lowest BCUT2D eigenvalue weighted by atomic mass is 9.84. The highest BCUT2D eigenvalue weighted by atomic mass is 14.9. The minimum absolute atomic E-state index is 0.265. The molecule has 0 amide bonds. The van der Waals surface area contributed by atoms with Gasteiger partial charge in [-0.25, -0.2) is 4.57 Å². The molecule has 18 heavy (non-hydrogen) atoms. The Morgan fingerprint density at radius 2 is 1.22 bits per heavy atom. The van der Waals surface area contributed by atoms with Crippen LogP contribution in [0.25, 0.3) is 0 Å². The zero-order chi connectivity index (χ0) is 14.1. The summed E-state index contributed by atoms with van der Waals surface area (Å²) < 4.78 is 2.14. The van der Waals surface area contributed by atoms with Crippen molar-refractivity contribution in [2.75, 3.05) is 5.73 Å². The maximum atomic E-state index is 6.35. The maximum Gasteiger partial charge on any atom is 0.173 e. The van der Waals surface area contributed by atoms with Gasteiger partial charge in [-0.15, -0.1) is 0 Å². The highest BCUT2D eigenvalue weighted by Gasteiger charge is 2.21. The first-order valence-electron chi connectivity index (χ1n) is 6.74. The Kier molecular flexibility index (Phi) is 4.09. The fraction of sp³-hybridized carbons (Fsp3) is 0.688. The van der Waals surface area contributed by atoms with Gasteiger partial charge in [-0.05, 0) is 23.7 Å². The number of anilines is 1. The first-order valence-corrected chi connectivity index (χ1v) is 6.74. The van der Waals surface area contributed by atoms with E-state index in [2.05, 4.69) is 65.6 Å². The van der Waals surface area contributed by atoms with E-state index in [0.29, 0.717) is 0 Å². The second kappa shape index (κ2) is 4.91. The monoisotopic (exact) mass is 249 g/mol. The molecule has 0 radical (unpaired) electrons. The molecule has 0 aromatic carbocycles. The van der Waals surface area contributed by atoms with E-state index < -0.39 is 0 Å². The number of nitrogens with two attached hydrogens (primary N) is 1. The van der Waals surface area contributed by atoms with Gasteiger partial charge in [-0.2, -0.15) is 0 Å². The van der Waals surface area contributed by atoms with Gasteiger partial charge in [0.25, 0.3) is 0 Å². The first-order chi connectivity index (χ1) is 7.98. The average Bonchev–Trinajstić information content (AvgIpc) is 2.07. The van der Waals surface area contributed by atoms with Gasteiger partial charge in [-0.1, -0.05) is 41.5 Å². The van der Waals surface area contributed by atoms with Crippen molar-refractivity contribution in [3.8, 4) is 0 Å². The summed E-state index contributed by atoms with van der Waals surface area (Å²) in [6.45, 7) is 13.5. The molecule has 0 fully saturated rings. The summed E-state index contributed by atoms with van der Waals surface area (Å²) in [5, 5.41) is 0. The largest absolute Gasteiger partial charge is 0.398 e. The molecule has 1 aromatic heterocycles. The first kappa shape index (κ1) is 15.0. The Balaban J connectivity index is 3.14. The predicted molar refractivity (Wildman–Crippen MR) is 78.3 cm³/mol. The molecule has 0 bridgehead atoms.